The average molecular weight is 617 g/mol. The number of aliphatic hydroxyl groups is 2. The average Bonchev–Trinajstić information content (AvgIpc) is 2.89. The number of amides is 3. The molecule has 0 radical (unpaired) electrons. The van der Waals surface area contributed by atoms with Gasteiger partial charge in [0.2, 0.25) is 0 Å². The molecule has 3 atom stereocenters. The van der Waals surface area contributed by atoms with Gasteiger partial charge in [-0.15, -0.1) is 13.2 Å². The Hall–Kier alpha value is -5.21. The first-order chi connectivity index (χ1) is 20.6. The standard InChI is InChI=1S/C29H27F3N4O8/c1-36(2)17-10-16(35-28(43)34-13-3-5-14(6-4-13)44-29(30,31)32)23(38)21-15(17)8-11-7-12-9-18(37)22(27(33)42)26(41)20(12)24(39)19(11)25(21)40/h3-6,10-12,20,38,40-41H,7-9H2,1-2H3,(H2,33,42)(H2,34,35,43). The number of nitrogens with zero attached hydrogens (tertiary/aromatic N) is 1. The zero-order valence-corrected chi connectivity index (χ0v) is 23.3. The molecule has 12 nitrogen and oxygen atoms in total. The first kappa shape index (κ1) is 30.3. The van der Waals surface area contributed by atoms with Gasteiger partial charge in [-0.3, -0.25) is 14.4 Å². The number of benzene rings is 2. The highest BCUT2D eigenvalue weighted by Gasteiger charge is 2.51. The van der Waals surface area contributed by atoms with Crippen LogP contribution in [0.1, 0.15) is 24.0 Å². The largest absolute Gasteiger partial charge is 0.573 e. The van der Waals surface area contributed by atoms with E-state index in [4.69, 9.17) is 5.73 Å². The van der Waals surface area contributed by atoms with Crippen LogP contribution in [0.5, 0.6) is 11.5 Å². The SMILES string of the molecule is CN(C)c1cc(NC(=O)Nc2ccc(OC(F)(F)F)cc2)c(O)c2c1CC1CC3CC(=O)C(C(N)=O)=C(O)C3C(=O)C1=C2O. The maximum atomic E-state index is 13.7. The molecule has 3 aliphatic carbocycles. The summed E-state index contributed by atoms with van der Waals surface area (Å²) in [6, 6.07) is 4.91. The van der Waals surface area contributed by atoms with Crippen molar-refractivity contribution in [2.24, 2.45) is 23.5 Å². The first-order valence-electron chi connectivity index (χ1n) is 13.3. The van der Waals surface area contributed by atoms with Crippen molar-refractivity contribution in [2.75, 3.05) is 29.6 Å². The lowest BCUT2D eigenvalue weighted by Gasteiger charge is -2.41. The topological polar surface area (TPSA) is 192 Å². The quantitative estimate of drug-likeness (QED) is 0.213. The van der Waals surface area contributed by atoms with Crippen LogP contribution >= 0.6 is 0 Å². The number of aliphatic hydroxyl groups excluding tert-OH is 2. The lowest BCUT2D eigenvalue weighted by molar-refractivity contribution is -0.274. The van der Waals surface area contributed by atoms with Gasteiger partial charge in [0, 0.05) is 37.5 Å². The number of phenolic OH excluding ortho intramolecular Hbond substituents is 1. The maximum absolute atomic E-state index is 13.7. The number of carbonyl (C=O) groups excluding carboxylic acids is 4. The van der Waals surface area contributed by atoms with Crippen molar-refractivity contribution in [2.45, 2.75) is 25.6 Å². The van der Waals surface area contributed by atoms with Crippen molar-refractivity contribution < 1.29 is 52.4 Å². The number of ketones is 2. The minimum atomic E-state index is -4.88. The molecule has 5 rings (SSSR count). The van der Waals surface area contributed by atoms with Gasteiger partial charge in [-0.25, -0.2) is 4.79 Å². The molecule has 3 unspecified atom stereocenters. The van der Waals surface area contributed by atoms with Gasteiger partial charge in [0.1, 0.15) is 22.8 Å². The summed E-state index contributed by atoms with van der Waals surface area (Å²) in [7, 11) is 3.38. The molecule has 2 aromatic rings. The molecule has 0 aliphatic heterocycles. The summed E-state index contributed by atoms with van der Waals surface area (Å²) in [5, 5.41) is 38.2. The Kier molecular flexibility index (Phi) is 7.43. The molecule has 3 aliphatic rings. The summed E-state index contributed by atoms with van der Waals surface area (Å²) in [5.41, 5.74) is 5.30. The number of carbonyl (C=O) groups is 4. The van der Waals surface area contributed by atoms with E-state index in [-0.39, 0.29) is 41.8 Å². The molecule has 3 amide bonds. The Morgan fingerprint density at radius 3 is 2.30 bits per heavy atom. The van der Waals surface area contributed by atoms with E-state index in [1.165, 1.54) is 18.2 Å². The Bertz CT molecular complexity index is 1660. The van der Waals surface area contributed by atoms with E-state index in [0.717, 1.165) is 12.1 Å². The molecule has 1 saturated carbocycles. The number of primary amides is 1. The maximum Gasteiger partial charge on any atom is 0.573 e. The molecule has 2 aromatic carbocycles. The minimum absolute atomic E-state index is 0.0914. The highest BCUT2D eigenvalue weighted by molar-refractivity contribution is 6.21. The van der Waals surface area contributed by atoms with Crippen molar-refractivity contribution in [1.29, 1.82) is 0 Å². The summed E-state index contributed by atoms with van der Waals surface area (Å²) in [5.74, 6) is -7.39. The number of phenols is 1. The van der Waals surface area contributed by atoms with Gasteiger partial charge in [-0.05, 0) is 60.6 Å². The van der Waals surface area contributed by atoms with Gasteiger partial charge in [0.25, 0.3) is 5.91 Å². The van der Waals surface area contributed by atoms with Gasteiger partial charge >= 0.3 is 12.4 Å². The Morgan fingerprint density at radius 2 is 1.70 bits per heavy atom. The zero-order chi connectivity index (χ0) is 32.2. The van der Waals surface area contributed by atoms with Crippen LogP contribution in [0.25, 0.3) is 5.76 Å². The number of fused-ring (bicyclic) bond motifs is 3. The molecule has 0 bridgehead atoms. The second kappa shape index (κ2) is 10.8. The number of nitrogens with one attached hydrogen (secondary N) is 2. The third-order valence-electron chi connectivity index (χ3n) is 7.94. The monoisotopic (exact) mass is 616 g/mol. The highest BCUT2D eigenvalue weighted by Crippen LogP contribution is 2.52. The van der Waals surface area contributed by atoms with Crippen LogP contribution in [0.4, 0.5) is 35.0 Å². The van der Waals surface area contributed by atoms with Crippen LogP contribution in [0.2, 0.25) is 0 Å². The summed E-state index contributed by atoms with van der Waals surface area (Å²) >= 11 is 0. The van der Waals surface area contributed by atoms with Crippen LogP contribution in [-0.4, -0.2) is 59.3 Å². The van der Waals surface area contributed by atoms with E-state index in [2.05, 4.69) is 15.4 Å². The van der Waals surface area contributed by atoms with E-state index < -0.39 is 76.2 Å². The van der Waals surface area contributed by atoms with Gasteiger partial charge in [-0.2, -0.15) is 0 Å². The van der Waals surface area contributed by atoms with E-state index in [0.29, 0.717) is 11.3 Å². The number of anilines is 3. The summed E-state index contributed by atoms with van der Waals surface area (Å²) in [6.45, 7) is 0. The molecule has 0 heterocycles. The molecule has 0 saturated heterocycles. The molecule has 15 heteroatoms. The summed E-state index contributed by atoms with van der Waals surface area (Å²) in [4.78, 5) is 52.4. The summed E-state index contributed by atoms with van der Waals surface area (Å²) in [6.07, 6.45) is -4.67. The van der Waals surface area contributed by atoms with E-state index in [9.17, 15) is 47.7 Å². The number of hydrogen-bond donors (Lipinski definition) is 6. The zero-order valence-electron chi connectivity index (χ0n) is 23.3. The van der Waals surface area contributed by atoms with E-state index in [1.807, 2.05) is 0 Å². The first-order valence-corrected chi connectivity index (χ1v) is 13.3. The third-order valence-corrected chi connectivity index (χ3v) is 7.94. The number of urea groups is 1. The molecule has 1 fully saturated rings. The molecule has 0 spiro atoms. The second-order valence-electron chi connectivity index (χ2n) is 10.9. The number of halogens is 3. The number of alkyl halides is 3. The molecule has 232 valence electrons. The van der Waals surface area contributed by atoms with Gasteiger partial charge in [-0.1, -0.05) is 0 Å². The van der Waals surface area contributed by atoms with Crippen molar-refractivity contribution in [3.05, 3.63) is 58.4 Å². The molecule has 7 N–H and O–H groups in total. The Labute approximate surface area is 247 Å². The smallest absolute Gasteiger partial charge is 0.511 e. The fourth-order valence-electron chi connectivity index (χ4n) is 6.21. The number of aromatic hydroxyl groups is 1. The van der Waals surface area contributed by atoms with Crippen LogP contribution in [0, 0.1) is 17.8 Å². The van der Waals surface area contributed by atoms with Crippen molar-refractivity contribution in [1.82, 2.24) is 0 Å². The minimum Gasteiger partial charge on any atom is -0.511 e. The lowest BCUT2D eigenvalue weighted by atomic mass is 9.61. The number of rotatable bonds is 5. The molecule has 44 heavy (non-hydrogen) atoms. The fourth-order valence-corrected chi connectivity index (χ4v) is 6.21. The van der Waals surface area contributed by atoms with E-state index in [1.54, 1.807) is 19.0 Å². The fraction of sp³-hybridized carbons (Fsp3) is 0.310. The van der Waals surface area contributed by atoms with Crippen molar-refractivity contribution in [3.8, 4) is 11.5 Å². The number of nitrogens with two attached hydrogens (primary N) is 1. The number of ether oxygens (including phenoxy) is 1. The number of Topliss-reactive ketones (excluding diaryl/α,β-unsaturated/α-hetero) is 2. The van der Waals surface area contributed by atoms with Crippen molar-refractivity contribution >= 4 is 46.3 Å². The van der Waals surface area contributed by atoms with Gasteiger partial charge in [0.15, 0.2) is 17.3 Å². The van der Waals surface area contributed by atoms with E-state index >= 15 is 0 Å². The molecular formula is C29H27F3N4O8. The van der Waals surface area contributed by atoms with Crippen LogP contribution in [-0.2, 0) is 20.8 Å². The second-order valence-corrected chi connectivity index (χ2v) is 10.9. The Balaban J connectivity index is 1.48. The predicted octanol–water partition coefficient (Wildman–Crippen LogP) is 3.92. The summed E-state index contributed by atoms with van der Waals surface area (Å²) < 4.78 is 41.1. The third kappa shape index (κ3) is 5.36. The van der Waals surface area contributed by atoms with Gasteiger partial charge < -0.3 is 41.3 Å². The molecular weight excluding hydrogens is 589 g/mol. The van der Waals surface area contributed by atoms with Crippen molar-refractivity contribution in [3.63, 3.8) is 0 Å². The lowest BCUT2D eigenvalue weighted by Crippen LogP contribution is -2.44. The number of allylic oxidation sites excluding steroid dienone is 2. The van der Waals surface area contributed by atoms with Crippen LogP contribution < -0.4 is 26.0 Å². The van der Waals surface area contributed by atoms with Gasteiger partial charge in [0.05, 0.1) is 17.2 Å². The normalized spacial score (nSPS) is 21.2. The van der Waals surface area contributed by atoms with Crippen LogP contribution in [0.15, 0.2) is 47.2 Å². The number of hydrogen-bond acceptors (Lipinski definition) is 9. The highest BCUT2D eigenvalue weighted by atomic mass is 19.4. The van der Waals surface area contributed by atoms with Crippen LogP contribution in [0.3, 0.4) is 0 Å². The Morgan fingerprint density at radius 1 is 1.05 bits per heavy atom. The predicted molar refractivity (Wildman–Crippen MR) is 150 cm³/mol. The molecule has 0 aromatic heterocycles.